The van der Waals surface area contributed by atoms with Crippen molar-refractivity contribution in [3.05, 3.63) is 23.8 Å². The van der Waals surface area contributed by atoms with E-state index in [1.165, 1.54) is 5.57 Å². The van der Waals surface area contributed by atoms with Gasteiger partial charge >= 0.3 is 0 Å². The van der Waals surface area contributed by atoms with Gasteiger partial charge in [-0.3, -0.25) is 4.79 Å². The Balaban J connectivity index is 1.67. The Bertz CT molecular complexity index is 622. The van der Waals surface area contributed by atoms with Crippen LogP contribution in [0.15, 0.2) is 23.8 Å². The van der Waals surface area contributed by atoms with Crippen molar-refractivity contribution in [2.45, 2.75) is 51.0 Å². The third kappa shape index (κ3) is 1.69. The number of carbonyl (C=O) groups excluding carboxylic acids is 1. The van der Waals surface area contributed by atoms with Gasteiger partial charge in [-0.05, 0) is 67.9 Å². The maximum absolute atomic E-state index is 11.7. The topological polar surface area (TPSA) is 37.3 Å². The number of carbonyl (C=O) groups is 1. The van der Waals surface area contributed by atoms with E-state index in [-0.39, 0.29) is 5.41 Å². The van der Waals surface area contributed by atoms with E-state index in [0.717, 1.165) is 32.1 Å². The molecule has 4 aliphatic carbocycles. The van der Waals surface area contributed by atoms with Gasteiger partial charge in [0.15, 0.2) is 5.78 Å². The van der Waals surface area contributed by atoms with Crippen LogP contribution < -0.4 is 0 Å². The molecule has 1 N–H and O–H groups in total. The summed E-state index contributed by atoms with van der Waals surface area (Å²) in [5.41, 5.74) is 0.103. The van der Waals surface area contributed by atoms with Crippen LogP contribution in [0.25, 0.3) is 0 Å². The monoisotopic (exact) mass is 296 g/mol. The summed E-state index contributed by atoms with van der Waals surface area (Å²) in [5, 5.41) is 10.8. The molecule has 0 heterocycles. The Morgan fingerprint density at radius 3 is 2.86 bits per heavy atom. The zero-order chi connectivity index (χ0) is 15.5. The predicted molar refractivity (Wildman–Crippen MR) is 85.8 cm³/mol. The maximum Gasteiger partial charge on any atom is 0.155 e. The number of hydrogen-bond donors (Lipinski definition) is 1. The second kappa shape index (κ2) is 4.59. The normalized spacial score (nSPS) is 49.7. The molecule has 0 bridgehead atoms. The Kier molecular flexibility index (Phi) is 2.97. The lowest BCUT2D eigenvalue weighted by Gasteiger charge is -2.54. The van der Waals surface area contributed by atoms with E-state index in [1.54, 1.807) is 0 Å². The van der Waals surface area contributed by atoms with Crippen molar-refractivity contribution in [3.8, 4) is 12.3 Å². The highest BCUT2D eigenvalue weighted by atomic mass is 16.3. The van der Waals surface area contributed by atoms with Gasteiger partial charge in [0.1, 0.15) is 5.60 Å². The van der Waals surface area contributed by atoms with E-state index < -0.39 is 5.60 Å². The first-order valence-corrected chi connectivity index (χ1v) is 8.61. The Morgan fingerprint density at radius 1 is 1.27 bits per heavy atom. The summed E-state index contributed by atoms with van der Waals surface area (Å²) in [7, 11) is 0. The molecular weight excluding hydrogens is 272 g/mol. The van der Waals surface area contributed by atoms with Gasteiger partial charge in [0, 0.05) is 11.8 Å². The highest BCUT2D eigenvalue weighted by Crippen LogP contribution is 2.62. The van der Waals surface area contributed by atoms with Crippen LogP contribution in [0.2, 0.25) is 0 Å². The van der Waals surface area contributed by atoms with Crippen LogP contribution in [0, 0.1) is 41.4 Å². The second-order valence-electron chi connectivity index (χ2n) is 7.95. The van der Waals surface area contributed by atoms with E-state index in [1.807, 2.05) is 12.2 Å². The molecule has 4 aliphatic rings. The molecule has 0 unspecified atom stereocenters. The molecule has 2 fully saturated rings. The maximum atomic E-state index is 11.7. The molecule has 0 amide bonds. The molecule has 0 aliphatic heterocycles. The van der Waals surface area contributed by atoms with Crippen molar-refractivity contribution in [1.82, 2.24) is 0 Å². The van der Waals surface area contributed by atoms with Crippen molar-refractivity contribution in [3.63, 3.8) is 0 Å². The first-order chi connectivity index (χ1) is 10.5. The molecule has 0 aromatic carbocycles. The first kappa shape index (κ1) is 14.3. The highest BCUT2D eigenvalue weighted by molar-refractivity contribution is 5.91. The van der Waals surface area contributed by atoms with Crippen LogP contribution >= 0.6 is 0 Å². The van der Waals surface area contributed by atoms with E-state index >= 15 is 0 Å². The molecular formula is C20H24O2. The van der Waals surface area contributed by atoms with Crippen molar-refractivity contribution >= 4 is 5.78 Å². The quantitative estimate of drug-likeness (QED) is 0.550. The summed E-state index contributed by atoms with van der Waals surface area (Å²) in [5.74, 6) is 5.20. The predicted octanol–water partition coefficient (Wildman–Crippen LogP) is 3.27. The van der Waals surface area contributed by atoms with Crippen molar-refractivity contribution in [2.75, 3.05) is 0 Å². The fourth-order valence-corrected chi connectivity index (χ4v) is 5.87. The number of ketones is 1. The molecule has 116 valence electrons. The minimum absolute atomic E-state index is 0.214. The molecule has 6 atom stereocenters. The van der Waals surface area contributed by atoms with Crippen LogP contribution in [-0.2, 0) is 4.79 Å². The van der Waals surface area contributed by atoms with Gasteiger partial charge in [-0.15, -0.1) is 6.42 Å². The second-order valence-corrected chi connectivity index (χ2v) is 7.95. The molecule has 2 nitrogen and oxygen atoms in total. The van der Waals surface area contributed by atoms with Crippen LogP contribution in [0.4, 0.5) is 0 Å². The summed E-state index contributed by atoms with van der Waals surface area (Å²) >= 11 is 0. The molecule has 0 radical (unpaired) electrons. The number of allylic oxidation sites excluding steroid dienone is 3. The number of terminal acetylenes is 1. The zero-order valence-electron chi connectivity index (χ0n) is 13.2. The van der Waals surface area contributed by atoms with E-state index in [0.29, 0.717) is 35.9 Å². The lowest BCUT2D eigenvalue weighted by molar-refractivity contribution is -0.116. The number of hydrogen-bond acceptors (Lipinski definition) is 2. The van der Waals surface area contributed by atoms with Gasteiger partial charge in [0.2, 0.25) is 0 Å². The largest absolute Gasteiger partial charge is 0.373 e. The van der Waals surface area contributed by atoms with Crippen LogP contribution in [0.3, 0.4) is 0 Å². The minimum atomic E-state index is -1.08. The van der Waals surface area contributed by atoms with Crippen molar-refractivity contribution in [1.29, 1.82) is 0 Å². The van der Waals surface area contributed by atoms with Gasteiger partial charge in [-0.2, -0.15) is 0 Å². The Morgan fingerprint density at radius 2 is 2.09 bits per heavy atom. The lowest BCUT2D eigenvalue weighted by atomic mass is 9.50. The minimum Gasteiger partial charge on any atom is -0.373 e. The van der Waals surface area contributed by atoms with Gasteiger partial charge in [0.05, 0.1) is 0 Å². The van der Waals surface area contributed by atoms with Crippen molar-refractivity contribution in [2.24, 2.45) is 29.1 Å². The molecule has 2 heteroatoms. The standard InChI is InChI=1S/C20H24O2/c1-3-20(22)11-9-18-17-6-4-13-12-14(21)5-7-15(13)16(17)8-10-19(18,20)2/h1,9,11-12,15-18,22H,4-8,10H2,2H3/t15-,16+,17+,18-,19-,20-/m0/s1. The summed E-state index contributed by atoms with van der Waals surface area (Å²) in [6.45, 7) is 2.17. The van der Waals surface area contributed by atoms with E-state index in [4.69, 9.17) is 6.42 Å². The van der Waals surface area contributed by atoms with Gasteiger partial charge in [-0.1, -0.05) is 24.5 Å². The van der Waals surface area contributed by atoms with E-state index in [2.05, 4.69) is 18.9 Å². The SMILES string of the molecule is C#C[C@]1(O)C=C[C@H]2[C@@H]3CCC4=CC(=O)CC[C@@H]4[C@H]3CC[C@@]21C. The first-order valence-electron chi connectivity index (χ1n) is 8.61. The average molecular weight is 296 g/mol. The van der Waals surface area contributed by atoms with Gasteiger partial charge < -0.3 is 5.11 Å². The number of fused-ring (bicyclic) bond motifs is 5. The summed E-state index contributed by atoms with van der Waals surface area (Å²) < 4.78 is 0. The molecule has 0 aromatic heterocycles. The molecule has 4 rings (SSSR count). The summed E-state index contributed by atoms with van der Waals surface area (Å²) in [4.78, 5) is 11.7. The third-order valence-corrected chi connectivity index (χ3v) is 7.19. The van der Waals surface area contributed by atoms with Crippen LogP contribution in [0.5, 0.6) is 0 Å². The Hall–Kier alpha value is -1.33. The van der Waals surface area contributed by atoms with Gasteiger partial charge in [0.25, 0.3) is 0 Å². The zero-order valence-corrected chi connectivity index (χ0v) is 13.2. The van der Waals surface area contributed by atoms with Gasteiger partial charge in [-0.25, -0.2) is 0 Å². The lowest BCUT2D eigenvalue weighted by Crippen LogP contribution is -2.52. The van der Waals surface area contributed by atoms with Crippen LogP contribution in [-0.4, -0.2) is 16.5 Å². The van der Waals surface area contributed by atoms with Crippen LogP contribution in [0.1, 0.15) is 45.4 Å². The molecule has 0 aromatic rings. The van der Waals surface area contributed by atoms with Crippen molar-refractivity contribution < 1.29 is 9.90 Å². The molecule has 0 saturated heterocycles. The fourth-order valence-electron chi connectivity index (χ4n) is 5.87. The molecule has 0 spiro atoms. The molecule has 2 saturated carbocycles. The average Bonchev–Trinajstić information content (AvgIpc) is 2.79. The fraction of sp³-hybridized carbons (Fsp3) is 0.650. The summed E-state index contributed by atoms with van der Waals surface area (Å²) in [6.07, 6.45) is 17.7. The Labute approximate surface area is 132 Å². The highest BCUT2D eigenvalue weighted by Gasteiger charge is 2.59. The van der Waals surface area contributed by atoms with E-state index in [9.17, 15) is 9.90 Å². The number of aliphatic hydroxyl groups is 1. The third-order valence-electron chi connectivity index (χ3n) is 7.19. The summed E-state index contributed by atoms with van der Waals surface area (Å²) in [6, 6.07) is 0. The number of rotatable bonds is 0. The smallest absolute Gasteiger partial charge is 0.155 e. The molecule has 22 heavy (non-hydrogen) atoms.